The summed E-state index contributed by atoms with van der Waals surface area (Å²) in [6, 6.07) is 6.36. The topological polar surface area (TPSA) is 92.7 Å². The zero-order chi connectivity index (χ0) is 15.6. The van der Waals surface area contributed by atoms with Crippen LogP contribution in [0.4, 0.5) is 18.0 Å². The molecule has 1 rings (SSSR count). The van der Waals surface area contributed by atoms with E-state index < -0.39 is 28.1 Å². The van der Waals surface area contributed by atoms with E-state index in [4.69, 9.17) is 5.11 Å². The summed E-state index contributed by atoms with van der Waals surface area (Å²) in [5, 5.41) is 8.65. The Bertz CT molecular complexity index is 534. The van der Waals surface area contributed by atoms with Gasteiger partial charge in [-0.05, 0) is 0 Å². The first kappa shape index (κ1) is 17.9. The van der Waals surface area contributed by atoms with E-state index in [-0.39, 0.29) is 6.61 Å². The molecular weight excluding hydrogens is 303 g/mol. The summed E-state index contributed by atoms with van der Waals surface area (Å²) in [5.41, 5.74) is 0.911. The number of alkyl halides is 3. The molecule has 1 amide bonds. The van der Waals surface area contributed by atoms with Crippen molar-refractivity contribution in [3.05, 3.63) is 35.9 Å². The van der Waals surface area contributed by atoms with Crippen molar-refractivity contribution in [3.63, 3.8) is 0 Å². The fourth-order valence-corrected chi connectivity index (χ4v) is 0.999. The van der Waals surface area contributed by atoms with Crippen LogP contribution in [0.5, 0.6) is 0 Å². The van der Waals surface area contributed by atoms with Crippen molar-refractivity contribution in [1.29, 1.82) is 0 Å². The molecule has 0 heterocycles. The monoisotopic (exact) mass is 313 g/mol. The Morgan fingerprint density at radius 1 is 1.30 bits per heavy atom. The van der Waals surface area contributed by atoms with Gasteiger partial charge in [0.15, 0.2) is 0 Å². The zero-order valence-electron chi connectivity index (χ0n) is 9.79. The number of hydroxylamine groups is 1. The predicted octanol–water partition coefficient (Wildman–Crippen LogP) is 1.57. The second-order valence-electron chi connectivity index (χ2n) is 3.01. The average Bonchev–Trinajstić information content (AvgIpc) is 2.35. The SMILES string of the molecule is FC(F)(F)c1ccccc1.O=C(O)NOCC=S(=O)=O. The minimum atomic E-state index is -4.21. The first-order valence-electron chi connectivity index (χ1n) is 4.88. The molecule has 0 atom stereocenters. The van der Waals surface area contributed by atoms with Crippen molar-refractivity contribution < 1.29 is 36.3 Å². The van der Waals surface area contributed by atoms with Crippen LogP contribution in [0.2, 0.25) is 0 Å². The summed E-state index contributed by atoms with van der Waals surface area (Å²) < 4.78 is 54.8. The van der Waals surface area contributed by atoms with E-state index in [9.17, 15) is 26.4 Å². The largest absolute Gasteiger partial charge is 0.464 e. The van der Waals surface area contributed by atoms with E-state index in [1.54, 1.807) is 6.07 Å². The lowest BCUT2D eigenvalue weighted by molar-refractivity contribution is -0.137. The highest BCUT2D eigenvalue weighted by molar-refractivity contribution is 7.71. The lowest BCUT2D eigenvalue weighted by Crippen LogP contribution is -2.22. The molecule has 0 saturated heterocycles. The molecule has 10 heteroatoms. The third kappa shape index (κ3) is 9.91. The first-order valence-corrected chi connectivity index (χ1v) is 6.01. The predicted molar refractivity (Wildman–Crippen MR) is 63.5 cm³/mol. The molecule has 0 aliphatic rings. The van der Waals surface area contributed by atoms with Crippen molar-refractivity contribution in [2.24, 2.45) is 0 Å². The van der Waals surface area contributed by atoms with Crippen LogP contribution >= 0.6 is 0 Å². The molecule has 0 aliphatic carbocycles. The van der Waals surface area contributed by atoms with Crippen LogP contribution in [-0.2, 0) is 21.3 Å². The molecule has 1 aromatic rings. The Hall–Kier alpha value is -2.07. The Kier molecular flexibility index (Phi) is 8.01. The molecular formula is C10H10F3NO5S. The minimum Gasteiger partial charge on any atom is -0.464 e. The molecule has 0 radical (unpaired) electrons. The molecule has 112 valence electrons. The summed E-state index contributed by atoms with van der Waals surface area (Å²) in [4.78, 5) is 13.7. The fraction of sp³-hybridized carbons (Fsp3) is 0.200. The number of carbonyl (C=O) groups is 1. The number of benzene rings is 1. The van der Waals surface area contributed by atoms with Gasteiger partial charge in [-0.1, -0.05) is 30.3 Å². The van der Waals surface area contributed by atoms with E-state index in [0.29, 0.717) is 0 Å². The van der Waals surface area contributed by atoms with Crippen molar-refractivity contribution in [1.82, 2.24) is 5.48 Å². The van der Waals surface area contributed by atoms with Crippen LogP contribution in [0.15, 0.2) is 30.3 Å². The van der Waals surface area contributed by atoms with E-state index in [0.717, 1.165) is 17.5 Å². The lowest BCUT2D eigenvalue weighted by atomic mass is 10.2. The summed E-state index contributed by atoms with van der Waals surface area (Å²) in [7, 11) is -2.31. The van der Waals surface area contributed by atoms with E-state index in [2.05, 4.69) is 4.84 Å². The Balaban J connectivity index is 0.000000361. The molecule has 2 N–H and O–H groups in total. The summed E-state index contributed by atoms with van der Waals surface area (Å²) in [6.45, 7) is -0.303. The Morgan fingerprint density at radius 2 is 1.85 bits per heavy atom. The standard InChI is InChI=1S/C7H5F3.C3H5NO5S/c8-7(9,10)6-4-2-1-3-5-6;5-3(6)4-9-1-2-10(7)8/h1-5H;2,4H,1H2,(H,5,6). The fourth-order valence-electron chi connectivity index (χ4n) is 0.820. The van der Waals surface area contributed by atoms with Gasteiger partial charge in [0, 0.05) is 0 Å². The van der Waals surface area contributed by atoms with Gasteiger partial charge in [-0.25, -0.2) is 4.79 Å². The maximum Gasteiger partial charge on any atom is 0.428 e. The van der Waals surface area contributed by atoms with Gasteiger partial charge in [-0.3, -0.25) is 4.84 Å². The third-order valence-corrected chi connectivity index (χ3v) is 1.96. The van der Waals surface area contributed by atoms with Crippen molar-refractivity contribution in [2.45, 2.75) is 6.18 Å². The molecule has 1 aromatic carbocycles. The smallest absolute Gasteiger partial charge is 0.428 e. The number of hydrogen-bond acceptors (Lipinski definition) is 4. The Labute approximate surface area is 113 Å². The molecule has 0 bridgehead atoms. The summed E-state index contributed by atoms with van der Waals surface area (Å²) >= 11 is 0. The Morgan fingerprint density at radius 3 is 2.20 bits per heavy atom. The van der Waals surface area contributed by atoms with Crippen LogP contribution in [0.25, 0.3) is 0 Å². The number of hydrogen-bond donors (Lipinski definition) is 2. The second-order valence-corrected chi connectivity index (χ2v) is 3.86. The minimum absolute atomic E-state index is 0.303. The average molecular weight is 313 g/mol. The molecule has 0 fully saturated rings. The van der Waals surface area contributed by atoms with Gasteiger partial charge in [0.25, 0.3) is 0 Å². The molecule has 0 aliphatic heterocycles. The van der Waals surface area contributed by atoms with Crippen molar-refractivity contribution in [2.75, 3.05) is 6.61 Å². The maximum absolute atomic E-state index is 11.8. The quantitative estimate of drug-likeness (QED) is 0.502. The van der Waals surface area contributed by atoms with Crippen LogP contribution < -0.4 is 5.48 Å². The number of carboxylic acid groups (broad SMARTS) is 1. The lowest BCUT2D eigenvalue weighted by Gasteiger charge is -2.03. The van der Waals surface area contributed by atoms with Gasteiger partial charge in [0.1, 0.15) is 6.61 Å². The maximum atomic E-state index is 11.8. The van der Waals surface area contributed by atoms with Crippen LogP contribution in [-0.4, -0.2) is 31.6 Å². The van der Waals surface area contributed by atoms with E-state index in [1.165, 1.54) is 17.6 Å². The van der Waals surface area contributed by atoms with Gasteiger partial charge in [0.2, 0.25) is 10.3 Å². The molecule has 0 unspecified atom stereocenters. The summed E-state index contributed by atoms with van der Waals surface area (Å²) in [6.07, 6.45) is -5.58. The molecule has 0 aromatic heterocycles. The summed E-state index contributed by atoms with van der Waals surface area (Å²) in [5.74, 6) is 0. The number of rotatable bonds is 3. The molecule has 0 saturated carbocycles. The molecule has 0 spiro atoms. The van der Waals surface area contributed by atoms with Crippen LogP contribution in [0.3, 0.4) is 0 Å². The number of amides is 1. The van der Waals surface area contributed by atoms with Gasteiger partial charge in [0.05, 0.1) is 10.9 Å². The first-order chi connectivity index (χ1) is 9.23. The normalized spacial score (nSPS) is 9.95. The number of halogens is 3. The highest BCUT2D eigenvalue weighted by Gasteiger charge is 2.29. The highest BCUT2D eigenvalue weighted by Crippen LogP contribution is 2.28. The van der Waals surface area contributed by atoms with Gasteiger partial charge < -0.3 is 5.11 Å². The molecule has 6 nitrogen and oxygen atoms in total. The van der Waals surface area contributed by atoms with Crippen LogP contribution in [0, 0.1) is 0 Å². The number of nitrogens with one attached hydrogen (secondary N) is 1. The van der Waals surface area contributed by atoms with Crippen molar-refractivity contribution >= 4 is 21.8 Å². The van der Waals surface area contributed by atoms with E-state index in [1.807, 2.05) is 0 Å². The molecule has 20 heavy (non-hydrogen) atoms. The van der Waals surface area contributed by atoms with Crippen molar-refractivity contribution in [3.8, 4) is 0 Å². The third-order valence-electron chi connectivity index (χ3n) is 1.55. The van der Waals surface area contributed by atoms with Gasteiger partial charge in [-0.2, -0.15) is 27.1 Å². The van der Waals surface area contributed by atoms with Gasteiger partial charge >= 0.3 is 12.3 Å². The van der Waals surface area contributed by atoms with Gasteiger partial charge in [-0.15, -0.1) is 0 Å². The van der Waals surface area contributed by atoms with E-state index >= 15 is 0 Å². The second kappa shape index (κ2) is 8.93. The van der Waals surface area contributed by atoms with Crippen LogP contribution in [0.1, 0.15) is 5.56 Å². The highest BCUT2D eigenvalue weighted by atomic mass is 32.2. The zero-order valence-corrected chi connectivity index (χ0v) is 10.6.